The van der Waals surface area contributed by atoms with Crippen LogP contribution >= 0.6 is 0 Å². The van der Waals surface area contributed by atoms with Crippen molar-refractivity contribution in [3.8, 4) is 0 Å². The van der Waals surface area contributed by atoms with E-state index in [0.29, 0.717) is 25.7 Å². The summed E-state index contributed by atoms with van der Waals surface area (Å²) in [6.45, 7) is 9.26. The fraction of sp³-hybridized carbons (Fsp3) is 0.650. The Balaban J connectivity index is 1.82. The Morgan fingerprint density at radius 3 is 2.52 bits per heavy atom. The van der Waals surface area contributed by atoms with Crippen molar-refractivity contribution in [1.82, 2.24) is 10.6 Å². The van der Waals surface area contributed by atoms with E-state index >= 15 is 0 Å². The van der Waals surface area contributed by atoms with Crippen molar-refractivity contribution in [2.24, 2.45) is 10.9 Å². The molecule has 0 bridgehead atoms. The van der Waals surface area contributed by atoms with Gasteiger partial charge in [-0.2, -0.15) is 0 Å². The molecule has 5 heteroatoms. The third kappa shape index (κ3) is 6.67. The van der Waals surface area contributed by atoms with E-state index in [2.05, 4.69) is 54.8 Å². The van der Waals surface area contributed by atoms with Crippen molar-refractivity contribution in [1.29, 1.82) is 0 Å². The van der Waals surface area contributed by atoms with E-state index in [4.69, 9.17) is 9.73 Å². The summed E-state index contributed by atoms with van der Waals surface area (Å²) in [5.41, 5.74) is 1.57. The summed E-state index contributed by atoms with van der Waals surface area (Å²) in [4.78, 5) is 4.75. The van der Waals surface area contributed by atoms with Gasteiger partial charge in [0.15, 0.2) is 5.96 Å². The van der Waals surface area contributed by atoms with Gasteiger partial charge in [0, 0.05) is 25.1 Å². The Hall–Kier alpha value is -1.59. The van der Waals surface area contributed by atoms with Crippen LogP contribution in [0.15, 0.2) is 35.3 Å². The van der Waals surface area contributed by atoms with Gasteiger partial charge in [-0.25, -0.2) is 0 Å². The molecule has 1 aliphatic carbocycles. The second-order valence-electron chi connectivity index (χ2n) is 7.31. The van der Waals surface area contributed by atoms with Crippen LogP contribution in [0.1, 0.15) is 39.2 Å². The number of nitrogens with zero attached hydrogens (tertiary/aromatic N) is 1. The third-order valence-electron chi connectivity index (χ3n) is 4.39. The lowest BCUT2D eigenvalue weighted by molar-refractivity contribution is 0.0280. The van der Waals surface area contributed by atoms with Gasteiger partial charge in [-0.15, -0.1) is 0 Å². The minimum atomic E-state index is -0.536. The van der Waals surface area contributed by atoms with Gasteiger partial charge in [0.2, 0.25) is 0 Å². The molecule has 25 heavy (non-hydrogen) atoms. The molecule has 1 unspecified atom stereocenters. The van der Waals surface area contributed by atoms with Crippen molar-refractivity contribution < 1.29 is 9.84 Å². The maximum atomic E-state index is 10.0. The van der Waals surface area contributed by atoms with E-state index in [0.717, 1.165) is 19.0 Å². The number of guanidine groups is 1. The highest BCUT2D eigenvalue weighted by Crippen LogP contribution is 2.48. The molecule has 0 amide bonds. The lowest BCUT2D eigenvalue weighted by atomic mass is 9.96. The molecule has 0 aliphatic heterocycles. The van der Waals surface area contributed by atoms with E-state index < -0.39 is 6.10 Å². The molecule has 2 rings (SSSR count). The first-order valence-electron chi connectivity index (χ1n) is 9.39. The van der Waals surface area contributed by atoms with Gasteiger partial charge in [0.25, 0.3) is 0 Å². The Kier molecular flexibility index (Phi) is 7.72. The molecule has 1 aromatic rings. The van der Waals surface area contributed by atoms with Crippen LogP contribution in [0.3, 0.4) is 0 Å². The zero-order valence-electron chi connectivity index (χ0n) is 15.8. The van der Waals surface area contributed by atoms with Gasteiger partial charge in [-0.3, -0.25) is 4.99 Å². The van der Waals surface area contributed by atoms with Crippen LogP contribution in [0.2, 0.25) is 0 Å². The number of aliphatic hydroxyl groups is 1. The lowest BCUT2D eigenvalue weighted by Gasteiger charge is -2.18. The number of rotatable bonds is 10. The van der Waals surface area contributed by atoms with Gasteiger partial charge >= 0.3 is 0 Å². The molecule has 0 saturated heterocycles. The Morgan fingerprint density at radius 1 is 1.20 bits per heavy atom. The highest BCUT2D eigenvalue weighted by Gasteiger charge is 2.43. The first kappa shape index (κ1) is 19.7. The van der Waals surface area contributed by atoms with Gasteiger partial charge in [0.05, 0.1) is 19.3 Å². The monoisotopic (exact) mass is 347 g/mol. The van der Waals surface area contributed by atoms with Gasteiger partial charge in [-0.05, 0) is 31.2 Å². The summed E-state index contributed by atoms with van der Waals surface area (Å²) in [6, 6.07) is 10.6. The lowest BCUT2D eigenvalue weighted by Crippen LogP contribution is -2.42. The quantitative estimate of drug-likeness (QED) is 0.449. The molecule has 5 nitrogen and oxygen atoms in total. The van der Waals surface area contributed by atoms with Crippen LogP contribution in [0.5, 0.6) is 0 Å². The predicted molar refractivity (Wildman–Crippen MR) is 103 cm³/mol. The van der Waals surface area contributed by atoms with Crippen molar-refractivity contribution in [3.63, 3.8) is 0 Å². The highest BCUT2D eigenvalue weighted by molar-refractivity contribution is 5.79. The Morgan fingerprint density at radius 2 is 1.92 bits per heavy atom. The molecule has 0 heterocycles. The summed E-state index contributed by atoms with van der Waals surface area (Å²) in [7, 11) is 0. The number of hydrogen-bond acceptors (Lipinski definition) is 3. The molecule has 1 aromatic carbocycles. The van der Waals surface area contributed by atoms with E-state index in [1.165, 1.54) is 18.4 Å². The molecule has 1 atom stereocenters. The predicted octanol–water partition coefficient (Wildman–Crippen LogP) is 2.31. The van der Waals surface area contributed by atoms with E-state index in [1.54, 1.807) is 0 Å². The van der Waals surface area contributed by atoms with Crippen molar-refractivity contribution in [2.75, 3.05) is 32.8 Å². The van der Waals surface area contributed by atoms with E-state index in [-0.39, 0.29) is 5.41 Å². The summed E-state index contributed by atoms with van der Waals surface area (Å²) in [5, 5.41) is 16.5. The van der Waals surface area contributed by atoms with Crippen molar-refractivity contribution >= 4 is 5.96 Å². The number of ether oxygens (including phenoxy) is 1. The normalized spacial score (nSPS) is 17.4. The van der Waals surface area contributed by atoms with Crippen LogP contribution in [0, 0.1) is 5.92 Å². The standard InChI is InChI=1S/C20H33N3O2/c1-4-21-19(22-12-18(24)14-25-13-16(2)3)23-15-20(10-11-20)17-8-6-5-7-9-17/h5-9,16,18,24H,4,10-15H2,1-3H3,(H2,21,22,23). The summed E-state index contributed by atoms with van der Waals surface area (Å²) >= 11 is 0. The topological polar surface area (TPSA) is 65.9 Å². The van der Waals surface area contributed by atoms with Crippen LogP contribution in [-0.2, 0) is 10.2 Å². The number of aliphatic hydroxyl groups excluding tert-OH is 1. The maximum absolute atomic E-state index is 10.0. The number of hydrogen-bond donors (Lipinski definition) is 3. The molecule has 0 spiro atoms. The average molecular weight is 348 g/mol. The van der Waals surface area contributed by atoms with Gasteiger partial charge in [-0.1, -0.05) is 44.2 Å². The molecular weight excluding hydrogens is 314 g/mol. The average Bonchev–Trinajstić information content (AvgIpc) is 3.39. The van der Waals surface area contributed by atoms with Crippen molar-refractivity contribution in [3.05, 3.63) is 35.9 Å². The molecule has 1 fully saturated rings. The largest absolute Gasteiger partial charge is 0.389 e. The molecule has 1 aliphatic rings. The number of aliphatic imine (C=N–C) groups is 1. The Bertz CT molecular complexity index is 527. The molecule has 1 saturated carbocycles. The Labute approximate surface area is 151 Å². The fourth-order valence-corrected chi connectivity index (χ4v) is 2.77. The molecule has 3 N–H and O–H groups in total. The summed E-state index contributed by atoms with van der Waals surface area (Å²) in [5.74, 6) is 1.24. The van der Waals surface area contributed by atoms with Gasteiger partial charge in [0.1, 0.15) is 0 Å². The zero-order valence-corrected chi connectivity index (χ0v) is 15.8. The van der Waals surface area contributed by atoms with E-state index in [9.17, 15) is 5.11 Å². The van der Waals surface area contributed by atoms with Crippen LogP contribution in [0.25, 0.3) is 0 Å². The zero-order chi connectivity index (χ0) is 18.1. The van der Waals surface area contributed by atoms with Crippen LogP contribution in [0.4, 0.5) is 0 Å². The van der Waals surface area contributed by atoms with Crippen LogP contribution < -0.4 is 10.6 Å². The molecule has 0 aromatic heterocycles. The number of nitrogens with one attached hydrogen (secondary N) is 2. The minimum absolute atomic E-state index is 0.197. The van der Waals surface area contributed by atoms with E-state index in [1.807, 2.05) is 6.92 Å². The smallest absolute Gasteiger partial charge is 0.191 e. The van der Waals surface area contributed by atoms with Crippen LogP contribution in [-0.4, -0.2) is 50.0 Å². The third-order valence-corrected chi connectivity index (χ3v) is 4.39. The summed E-state index contributed by atoms with van der Waals surface area (Å²) < 4.78 is 5.48. The SMILES string of the molecule is CCNC(=NCC1(c2ccccc2)CC1)NCC(O)COCC(C)C. The molecular formula is C20H33N3O2. The number of benzene rings is 1. The van der Waals surface area contributed by atoms with Gasteiger partial charge < -0.3 is 20.5 Å². The fourth-order valence-electron chi connectivity index (χ4n) is 2.77. The maximum Gasteiger partial charge on any atom is 0.191 e. The summed E-state index contributed by atoms with van der Waals surface area (Å²) in [6.07, 6.45) is 1.84. The molecule has 140 valence electrons. The second-order valence-corrected chi connectivity index (χ2v) is 7.31. The minimum Gasteiger partial charge on any atom is -0.389 e. The highest BCUT2D eigenvalue weighted by atomic mass is 16.5. The molecule has 0 radical (unpaired) electrons. The first-order chi connectivity index (χ1) is 12.1. The first-order valence-corrected chi connectivity index (χ1v) is 9.39. The van der Waals surface area contributed by atoms with Crippen molar-refractivity contribution in [2.45, 2.75) is 45.1 Å². The second kappa shape index (κ2) is 9.78.